The van der Waals surface area contributed by atoms with Crippen molar-refractivity contribution < 1.29 is 4.39 Å². The Hall–Kier alpha value is -0.860. The van der Waals surface area contributed by atoms with E-state index in [1.165, 1.54) is 6.07 Å². The summed E-state index contributed by atoms with van der Waals surface area (Å²) >= 11 is 5.91. The summed E-state index contributed by atoms with van der Waals surface area (Å²) in [4.78, 5) is 0. The molecule has 0 saturated carbocycles. The lowest BCUT2D eigenvalue weighted by molar-refractivity contribution is 0.482. The molecule has 0 aliphatic rings. The number of allylic oxidation sites excluding steroid dienone is 1. The second kappa shape index (κ2) is 8.28. The van der Waals surface area contributed by atoms with E-state index in [2.05, 4.69) is 11.9 Å². The van der Waals surface area contributed by atoms with Gasteiger partial charge in [-0.2, -0.15) is 0 Å². The highest BCUT2D eigenvalue weighted by Gasteiger charge is 2.13. The third kappa shape index (κ3) is 4.79. The number of unbranched alkanes of at least 4 members (excludes halogenated alkanes) is 3. The van der Waals surface area contributed by atoms with Crippen LogP contribution in [0.5, 0.6) is 0 Å². The van der Waals surface area contributed by atoms with Crippen LogP contribution in [0, 0.1) is 5.82 Å². The van der Waals surface area contributed by atoms with E-state index in [0.717, 1.165) is 32.1 Å². The Kier molecular flexibility index (Phi) is 6.99. The molecule has 0 bridgehead atoms. The monoisotopic (exact) mass is 269 g/mol. The fourth-order valence-electron chi connectivity index (χ4n) is 2.05. The standard InChI is InChI=1S/C15H21ClFN/c1-3-4-5-6-7-8-15(18-2)13-11-12(16)9-10-14(13)17/h3,9-11,15,18H,1,4-8H2,2H3. The summed E-state index contributed by atoms with van der Waals surface area (Å²) < 4.78 is 13.7. The van der Waals surface area contributed by atoms with Gasteiger partial charge in [0.25, 0.3) is 0 Å². The van der Waals surface area contributed by atoms with Crippen LogP contribution in [-0.4, -0.2) is 7.05 Å². The minimum absolute atomic E-state index is 0.0347. The molecule has 1 atom stereocenters. The van der Waals surface area contributed by atoms with Crippen molar-refractivity contribution in [1.29, 1.82) is 0 Å². The normalized spacial score (nSPS) is 12.4. The average Bonchev–Trinajstić information content (AvgIpc) is 2.37. The Bertz CT molecular complexity index is 379. The summed E-state index contributed by atoms with van der Waals surface area (Å²) in [6.45, 7) is 3.70. The summed E-state index contributed by atoms with van der Waals surface area (Å²) in [5, 5.41) is 3.74. The zero-order valence-electron chi connectivity index (χ0n) is 10.9. The number of rotatable bonds is 8. The predicted octanol–water partition coefficient (Wildman–Crippen LogP) is 4.88. The van der Waals surface area contributed by atoms with E-state index in [-0.39, 0.29) is 11.9 Å². The Morgan fingerprint density at radius 1 is 1.39 bits per heavy atom. The van der Waals surface area contributed by atoms with Crippen LogP contribution < -0.4 is 5.32 Å². The van der Waals surface area contributed by atoms with Gasteiger partial charge in [0.1, 0.15) is 5.82 Å². The van der Waals surface area contributed by atoms with Crippen LogP contribution in [0.25, 0.3) is 0 Å². The second-order valence-electron chi connectivity index (χ2n) is 4.43. The molecule has 1 N–H and O–H groups in total. The molecule has 1 aromatic carbocycles. The van der Waals surface area contributed by atoms with E-state index >= 15 is 0 Å². The van der Waals surface area contributed by atoms with Crippen molar-refractivity contribution in [2.24, 2.45) is 0 Å². The predicted molar refractivity (Wildman–Crippen MR) is 76.5 cm³/mol. The number of hydrogen-bond acceptors (Lipinski definition) is 1. The summed E-state index contributed by atoms with van der Waals surface area (Å²) in [6, 6.07) is 4.76. The first-order chi connectivity index (χ1) is 8.69. The van der Waals surface area contributed by atoms with E-state index in [1.807, 2.05) is 13.1 Å². The highest BCUT2D eigenvalue weighted by molar-refractivity contribution is 6.30. The van der Waals surface area contributed by atoms with Gasteiger partial charge in [-0.3, -0.25) is 0 Å². The molecule has 0 aliphatic carbocycles. The summed E-state index contributed by atoms with van der Waals surface area (Å²) in [5.41, 5.74) is 0.661. The van der Waals surface area contributed by atoms with E-state index in [0.29, 0.717) is 10.6 Å². The van der Waals surface area contributed by atoms with Crippen molar-refractivity contribution in [2.75, 3.05) is 7.05 Å². The Labute approximate surface area is 114 Å². The quantitative estimate of drug-likeness (QED) is 0.524. The fourth-order valence-corrected chi connectivity index (χ4v) is 2.23. The van der Waals surface area contributed by atoms with Gasteiger partial charge in [0.15, 0.2) is 0 Å². The first kappa shape index (κ1) is 15.2. The molecule has 0 radical (unpaired) electrons. The molecule has 0 fully saturated rings. The van der Waals surface area contributed by atoms with Gasteiger partial charge < -0.3 is 5.32 Å². The van der Waals surface area contributed by atoms with Crippen LogP contribution in [0.1, 0.15) is 43.7 Å². The van der Waals surface area contributed by atoms with Crippen LogP contribution in [0.4, 0.5) is 4.39 Å². The number of hydrogen-bond donors (Lipinski definition) is 1. The molecule has 0 amide bonds. The maximum absolute atomic E-state index is 13.7. The Morgan fingerprint density at radius 2 is 2.17 bits per heavy atom. The molecule has 0 aliphatic heterocycles. The second-order valence-corrected chi connectivity index (χ2v) is 4.87. The Balaban J connectivity index is 2.54. The molecular weight excluding hydrogens is 249 g/mol. The van der Waals surface area contributed by atoms with Gasteiger partial charge in [0.05, 0.1) is 0 Å². The molecule has 0 saturated heterocycles. The minimum Gasteiger partial charge on any atom is -0.313 e. The van der Waals surface area contributed by atoms with Gasteiger partial charge in [-0.25, -0.2) is 4.39 Å². The number of nitrogens with one attached hydrogen (secondary N) is 1. The van der Waals surface area contributed by atoms with Gasteiger partial charge in [-0.05, 0) is 44.5 Å². The van der Waals surface area contributed by atoms with Crippen molar-refractivity contribution in [1.82, 2.24) is 5.32 Å². The SMILES string of the molecule is C=CCCCCCC(NC)c1cc(Cl)ccc1F. The maximum atomic E-state index is 13.7. The maximum Gasteiger partial charge on any atom is 0.128 e. The van der Waals surface area contributed by atoms with Gasteiger partial charge in [0.2, 0.25) is 0 Å². The Morgan fingerprint density at radius 3 is 2.83 bits per heavy atom. The van der Waals surface area contributed by atoms with Crippen LogP contribution in [0.15, 0.2) is 30.9 Å². The van der Waals surface area contributed by atoms with E-state index in [9.17, 15) is 4.39 Å². The first-order valence-corrected chi connectivity index (χ1v) is 6.80. The van der Waals surface area contributed by atoms with Crippen LogP contribution in [0.2, 0.25) is 5.02 Å². The smallest absolute Gasteiger partial charge is 0.128 e. The van der Waals surface area contributed by atoms with Crippen LogP contribution in [0.3, 0.4) is 0 Å². The van der Waals surface area contributed by atoms with E-state index < -0.39 is 0 Å². The highest BCUT2D eigenvalue weighted by atomic mass is 35.5. The molecular formula is C15H21ClFN. The van der Waals surface area contributed by atoms with Gasteiger partial charge in [-0.15, -0.1) is 6.58 Å². The summed E-state index contributed by atoms with van der Waals surface area (Å²) in [5.74, 6) is -0.190. The lowest BCUT2D eigenvalue weighted by atomic mass is 9.99. The molecule has 1 unspecified atom stereocenters. The van der Waals surface area contributed by atoms with E-state index in [4.69, 9.17) is 11.6 Å². The molecule has 0 aromatic heterocycles. The molecule has 18 heavy (non-hydrogen) atoms. The zero-order valence-corrected chi connectivity index (χ0v) is 11.6. The minimum atomic E-state index is -0.190. The van der Waals surface area contributed by atoms with Gasteiger partial charge in [-0.1, -0.05) is 30.5 Å². The van der Waals surface area contributed by atoms with Gasteiger partial charge in [0, 0.05) is 16.6 Å². The lowest BCUT2D eigenvalue weighted by Gasteiger charge is -2.17. The molecule has 1 rings (SSSR count). The van der Waals surface area contributed by atoms with Gasteiger partial charge >= 0.3 is 0 Å². The van der Waals surface area contributed by atoms with Crippen molar-refractivity contribution in [3.8, 4) is 0 Å². The number of benzene rings is 1. The average molecular weight is 270 g/mol. The zero-order chi connectivity index (χ0) is 13.4. The van der Waals surface area contributed by atoms with Crippen molar-refractivity contribution in [3.05, 3.63) is 47.3 Å². The van der Waals surface area contributed by atoms with Crippen molar-refractivity contribution in [2.45, 2.75) is 38.1 Å². The fraction of sp³-hybridized carbons (Fsp3) is 0.467. The van der Waals surface area contributed by atoms with E-state index in [1.54, 1.807) is 12.1 Å². The highest BCUT2D eigenvalue weighted by Crippen LogP contribution is 2.25. The molecule has 0 spiro atoms. The third-order valence-electron chi connectivity index (χ3n) is 3.08. The molecule has 0 heterocycles. The summed E-state index contributed by atoms with van der Waals surface area (Å²) in [7, 11) is 1.86. The van der Waals surface area contributed by atoms with Crippen LogP contribution in [-0.2, 0) is 0 Å². The molecule has 1 nitrogen and oxygen atoms in total. The largest absolute Gasteiger partial charge is 0.313 e. The molecule has 3 heteroatoms. The first-order valence-electron chi connectivity index (χ1n) is 6.42. The lowest BCUT2D eigenvalue weighted by Crippen LogP contribution is -2.17. The third-order valence-corrected chi connectivity index (χ3v) is 3.32. The topological polar surface area (TPSA) is 12.0 Å². The van der Waals surface area contributed by atoms with Crippen molar-refractivity contribution in [3.63, 3.8) is 0 Å². The number of halogens is 2. The van der Waals surface area contributed by atoms with Crippen molar-refractivity contribution >= 4 is 11.6 Å². The summed E-state index contributed by atoms with van der Waals surface area (Å²) in [6.07, 6.45) is 7.28. The molecule has 100 valence electrons. The molecule has 1 aromatic rings. The van der Waals surface area contributed by atoms with Crippen LogP contribution >= 0.6 is 11.6 Å².